The summed E-state index contributed by atoms with van der Waals surface area (Å²) in [6.07, 6.45) is 1.68. The van der Waals surface area contributed by atoms with Gasteiger partial charge in [-0.2, -0.15) is 0 Å². The molecule has 0 radical (unpaired) electrons. The average Bonchev–Trinajstić information content (AvgIpc) is 2.85. The third-order valence-electron chi connectivity index (χ3n) is 3.95. The highest BCUT2D eigenvalue weighted by Gasteiger charge is 2.29. The quantitative estimate of drug-likeness (QED) is 0.846. The molecule has 2 aliphatic rings. The fraction of sp³-hybridized carbons (Fsp3) is 0.571. The summed E-state index contributed by atoms with van der Waals surface area (Å²) in [5.74, 6) is 0. The molecule has 98 valence electrons. The zero-order valence-corrected chi connectivity index (χ0v) is 11.0. The highest BCUT2D eigenvalue weighted by atomic mass is 15.4. The van der Waals surface area contributed by atoms with E-state index in [1.54, 1.807) is 0 Å². The molecule has 1 unspecified atom stereocenters. The van der Waals surface area contributed by atoms with Crippen LogP contribution in [0.2, 0.25) is 0 Å². The second-order valence-corrected chi connectivity index (χ2v) is 5.00. The van der Waals surface area contributed by atoms with Gasteiger partial charge in [-0.05, 0) is 18.6 Å². The van der Waals surface area contributed by atoms with Crippen LogP contribution in [0, 0.1) is 0 Å². The Kier molecular flexibility index (Phi) is 3.39. The third kappa shape index (κ3) is 2.06. The Morgan fingerprint density at radius 1 is 1.22 bits per heavy atom. The lowest BCUT2D eigenvalue weighted by atomic mass is 10.2. The molecule has 4 heteroatoms. The Morgan fingerprint density at radius 3 is 2.78 bits per heavy atom. The van der Waals surface area contributed by atoms with E-state index in [0.717, 1.165) is 39.3 Å². The highest BCUT2D eigenvalue weighted by Crippen LogP contribution is 2.33. The molecule has 1 saturated heterocycles. The first-order chi connectivity index (χ1) is 8.90. The fourth-order valence-corrected chi connectivity index (χ4v) is 3.05. The summed E-state index contributed by atoms with van der Waals surface area (Å²) >= 11 is 0. The van der Waals surface area contributed by atoms with Gasteiger partial charge < -0.3 is 15.5 Å². The van der Waals surface area contributed by atoms with Crippen LogP contribution in [0.3, 0.4) is 0 Å². The van der Waals surface area contributed by atoms with Gasteiger partial charge in [0.2, 0.25) is 0 Å². The summed E-state index contributed by atoms with van der Waals surface area (Å²) in [7, 11) is 0. The van der Waals surface area contributed by atoms with Gasteiger partial charge >= 0.3 is 0 Å². The van der Waals surface area contributed by atoms with Crippen molar-refractivity contribution < 1.29 is 0 Å². The summed E-state index contributed by atoms with van der Waals surface area (Å²) in [6.45, 7) is 7.74. The van der Waals surface area contributed by atoms with E-state index in [4.69, 9.17) is 0 Å². The lowest BCUT2D eigenvalue weighted by Gasteiger charge is -2.40. The molecule has 2 N–H and O–H groups in total. The zero-order chi connectivity index (χ0) is 12.4. The predicted octanol–water partition coefficient (Wildman–Crippen LogP) is 1.52. The van der Waals surface area contributed by atoms with Crippen molar-refractivity contribution in [3.63, 3.8) is 0 Å². The predicted molar refractivity (Wildman–Crippen MR) is 75.9 cm³/mol. The molecule has 1 aromatic rings. The monoisotopic (exact) mass is 246 g/mol. The van der Waals surface area contributed by atoms with Gasteiger partial charge in [0.1, 0.15) is 0 Å². The molecule has 1 aromatic carbocycles. The standard InChI is InChI=1S/C14H22N4/c1-2-14(17-9-7-15-8-10-17)18-11-16-12-5-3-4-6-13(12)18/h3-6,14-16H,2,7-11H2,1H3. The Labute approximate surface area is 109 Å². The van der Waals surface area contributed by atoms with Gasteiger partial charge in [0.15, 0.2) is 0 Å². The van der Waals surface area contributed by atoms with Crippen LogP contribution in [0.1, 0.15) is 13.3 Å². The Hall–Kier alpha value is -1.26. The zero-order valence-electron chi connectivity index (χ0n) is 11.0. The van der Waals surface area contributed by atoms with Crippen LogP contribution in [-0.2, 0) is 0 Å². The molecule has 4 nitrogen and oxygen atoms in total. The van der Waals surface area contributed by atoms with Gasteiger partial charge in [-0.3, -0.25) is 4.90 Å². The van der Waals surface area contributed by atoms with Crippen molar-refractivity contribution in [2.24, 2.45) is 0 Å². The maximum atomic E-state index is 3.49. The maximum absolute atomic E-state index is 3.49. The summed E-state index contributed by atoms with van der Waals surface area (Å²) in [5, 5.41) is 6.92. The van der Waals surface area contributed by atoms with E-state index in [1.165, 1.54) is 11.4 Å². The largest absolute Gasteiger partial charge is 0.366 e. The molecular weight excluding hydrogens is 224 g/mol. The van der Waals surface area contributed by atoms with Crippen molar-refractivity contribution in [2.45, 2.75) is 19.5 Å². The molecule has 0 aromatic heterocycles. The molecule has 1 fully saturated rings. The second kappa shape index (κ2) is 5.16. The van der Waals surface area contributed by atoms with E-state index in [1.807, 2.05) is 0 Å². The number of nitrogens with one attached hydrogen (secondary N) is 2. The van der Waals surface area contributed by atoms with Crippen LogP contribution < -0.4 is 15.5 Å². The summed E-state index contributed by atoms with van der Waals surface area (Å²) in [5.41, 5.74) is 2.62. The molecule has 2 aliphatic heterocycles. The number of para-hydroxylation sites is 2. The van der Waals surface area contributed by atoms with Crippen LogP contribution in [0.5, 0.6) is 0 Å². The van der Waals surface area contributed by atoms with E-state index < -0.39 is 0 Å². The summed E-state index contributed by atoms with van der Waals surface area (Å²) < 4.78 is 0. The van der Waals surface area contributed by atoms with Crippen molar-refractivity contribution in [3.8, 4) is 0 Å². The van der Waals surface area contributed by atoms with E-state index >= 15 is 0 Å². The lowest BCUT2D eigenvalue weighted by Crippen LogP contribution is -2.54. The molecule has 1 atom stereocenters. The number of benzene rings is 1. The van der Waals surface area contributed by atoms with Crippen molar-refractivity contribution in [2.75, 3.05) is 43.1 Å². The molecule has 0 bridgehead atoms. The normalized spacial score (nSPS) is 21.5. The minimum absolute atomic E-state index is 0.517. The maximum Gasteiger partial charge on any atom is 0.0893 e. The smallest absolute Gasteiger partial charge is 0.0893 e. The average molecular weight is 246 g/mol. The van der Waals surface area contributed by atoms with Crippen molar-refractivity contribution in [3.05, 3.63) is 24.3 Å². The minimum Gasteiger partial charge on any atom is -0.366 e. The topological polar surface area (TPSA) is 30.5 Å². The SMILES string of the molecule is CCC(N1CCNCC1)N1CNc2ccccc21. The van der Waals surface area contributed by atoms with Gasteiger partial charge in [0.05, 0.1) is 24.2 Å². The van der Waals surface area contributed by atoms with Gasteiger partial charge in [-0.25, -0.2) is 0 Å². The highest BCUT2D eigenvalue weighted by molar-refractivity contribution is 5.74. The van der Waals surface area contributed by atoms with Crippen LogP contribution in [-0.4, -0.2) is 43.9 Å². The second-order valence-electron chi connectivity index (χ2n) is 5.00. The van der Waals surface area contributed by atoms with Gasteiger partial charge in [0, 0.05) is 26.2 Å². The molecule has 0 spiro atoms. The Morgan fingerprint density at radius 2 is 2.00 bits per heavy atom. The molecular formula is C14H22N4. The molecule has 0 amide bonds. The number of anilines is 2. The number of rotatable bonds is 3. The van der Waals surface area contributed by atoms with E-state index in [0.29, 0.717) is 6.17 Å². The first kappa shape index (κ1) is 11.8. The van der Waals surface area contributed by atoms with E-state index in [-0.39, 0.29) is 0 Å². The van der Waals surface area contributed by atoms with Crippen molar-refractivity contribution in [1.29, 1.82) is 0 Å². The summed E-state index contributed by atoms with van der Waals surface area (Å²) in [4.78, 5) is 5.10. The lowest BCUT2D eigenvalue weighted by molar-refractivity contribution is 0.165. The molecule has 3 rings (SSSR count). The first-order valence-corrected chi connectivity index (χ1v) is 6.94. The van der Waals surface area contributed by atoms with Crippen LogP contribution >= 0.6 is 0 Å². The van der Waals surface area contributed by atoms with Crippen LogP contribution in [0.25, 0.3) is 0 Å². The molecule has 2 heterocycles. The molecule has 18 heavy (non-hydrogen) atoms. The van der Waals surface area contributed by atoms with Crippen LogP contribution in [0.4, 0.5) is 11.4 Å². The van der Waals surface area contributed by atoms with Gasteiger partial charge in [-0.15, -0.1) is 0 Å². The molecule has 0 aliphatic carbocycles. The van der Waals surface area contributed by atoms with Crippen LogP contribution in [0.15, 0.2) is 24.3 Å². The van der Waals surface area contributed by atoms with E-state index in [9.17, 15) is 0 Å². The fourth-order valence-electron chi connectivity index (χ4n) is 3.05. The Bertz CT molecular complexity index is 401. The number of nitrogens with zero attached hydrogens (tertiary/aromatic N) is 2. The third-order valence-corrected chi connectivity index (χ3v) is 3.95. The number of fused-ring (bicyclic) bond motifs is 1. The number of hydrogen-bond acceptors (Lipinski definition) is 4. The van der Waals surface area contributed by atoms with Crippen molar-refractivity contribution in [1.82, 2.24) is 10.2 Å². The first-order valence-electron chi connectivity index (χ1n) is 6.94. The summed E-state index contributed by atoms with van der Waals surface area (Å²) in [6, 6.07) is 8.62. The van der Waals surface area contributed by atoms with E-state index in [2.05, 4.69) is 51.6 Å². The molecule has 0 saturated carbocycles. The van der Waals surface area contributed by atoms with Gasteiger partial charge in [0.25, 0.3) is 0 Å². The number of piperazine rings is 1. The number of hydrogen-bond donors (Lipinski definition) is 2. The van der Waals surface area contributed by atoms with Gasteiger partial charge in [-0.1, -0.05) is 19.1 Å². The Balaban J connectivity index is 1.80. The van der Waals surface area contributed by atoms with Crippen molar-refractivity contribution >= 4 is 11.4 Å². The minimum atomic E-state index is 0.517.